The molecule has 112 valence electrons. The third kappa shape index (κ3) is 3.83. The van der Waals surface area contributed by atoms with Crippen LogP contribution in [0, 0.1) is 0 Å². The molecule has 2 rings (SSSR count). The largest absolute Gasteiger partial charge is 0.522 e. The lowest BCUT2D eigenvalue weighted by molar-refractivity contribution is -0.343. The van der Waals surface area contributed by atoms with E-state index in [4.69, 9.17) is 4.74 Å². The van der Waals surface area contributed by atoms with Crippen molar-refractivity contribution in [1.82, 2.24) is 4.90 Å². The molecule has 0 amide bonds. The van der Waals surface area contributed by atoms with Crippen LogP contribution in [-0.4, -0.2) is 48.2 Å². The van der Waals surface area contributed by atoms with E-state index >= 15 is 0 Å². The summed E-state index contributed by atoms with van der Waals surface area (Å²) in [7, 11) is 0. The van der Waals surface area contributed by atoms with Gasteiger partial charge in [0.1, 0.15) is 0 Å². The first-order chi connectivity index (χ1) is 8.60. The Bertz CT molecular complexity index is 327. The van der Waals surface area contributed by atoms with Gasteiger partial charge < -0.3 is 4.74 Å². The summed E-state index contributed by atoms with van der Waals surface area (Å²) in [5, 5.41) is 0. The highest BCUT2D eigenvalue weighted by Crippen LogP contribution is 2.40. The van der Waals surface area contributed by atoms with Crippen molar-refractivity contribution in [3.63, 3.8) is 0 Å². The average Bonchev–Trinajstić information content (AvgIpc) is 2.57. The molecule has 1 saturated heterocycles. The van der Waals surface area contributed by atoms with Crippen molar-refractivity contribution in [3.8, 4) is 0 Å². The highest BCUT2D eigenvalue weighted by atomic mass is 19.4. The summed E-state index contributed by atoms with van der Waals surface area (Å²) < 4.78 is 46.7. The number of halogens is 3. The monoisotopic (exact) mass is 281 g/mol. The summed E-state index contributed by atoms with van der Waals surface area (Å²) in [6.45, 7) is 8.44. The maximum Gasteiger partial charge on any atom is 0.522 e. The molecule has 19 heavy (non-hydrogen) atoms. The van der Waals surface area contributed by atoms with Gasteiger partial charge >= 0.3 is 6.36 Å². The van der Waals surface area contributed by atoms with E-state index in [1.165, 1.54) is 0 Å². The first-order valence-electron chi connectivity index (χ1n) is 6.73. The molecule has 2 aliphatic rings. The lowest BCUT2D eigenvalue weighted by Gasteiger charge is -2.46. The quantitative estimate of drug-likeness (QED) is 0.737. The Morgan fingerprint density at radius 1 is 1.26 bits per heavy atom. The van der Waals surface area contributed by atoms with Crippen LogP contribution in [0.5, 0.6) is 0 Å². The van der Waals surface area contributed by atoms with Crippen LogP contribution in [-0.2, 0) is 9.47 Å². The summed E-state index contributed by atoms with van der Waals surface area (Å²) >= 11 is 0. The van der Waals surface area contributed by atoms with E-state index in [-0.39, 0.29) is 5.54 Å². The van der Waals surface area contributed by atoms with E-state index in [9.17, 15) is 13.2 Å². The third-order valence-electron chi connectivity index (χ3n) is 4.02. The van der Waals surface area contributed by atoms with E-state index in [1.807, 2.05) is 0 Å². The van der Waals surface area contributed by atoms with Crippen molar-refractivity contribution in [2.45, 2.75) is 63.6 Å². The molecule has 0 radical (unpaired) electrons. The molecule has 1 aliphatic heterocycles. The molecule has 0 N–H and O–H groups in total. The first-order valence-corrected chi connectivity index (χ1v) is 6.73. The second kappa shape index (κ2) is 4.90. The molecule has 2 fully saturated rings. The second-order valence-electron chi connectivity index (χ2n) is 6.55. The topological polar surface area (TPSA) is 21.7 Å². The molecular weight excluding hydrogens is 259 g/mol. The Hall–Kier alpha value is -0.330. The van der Waals surface area contributed by atoms with Gasteiger partial charge in [0.2, 0.25) is 0 Å². The third-order valence-corrected chi connectivity index (χ3v) is 4.02. The van der Waals surface area contributed by atoms with Crippen LogP contribution in [0.2, 0.25) is 0 Å². The molecule has 1 spiro atoms. The van der Waals surface area contributed by atoms with Crippen molar-refractivity contribution in [2.24, 2.45) is 0 Å². The predicted octanol–water partition coefficient (Wildman–Crippen LogP) is 2.94. The maximum atomic E-state index is 12.3. The summed E-state index contributed by atoms with van der Waals surface area (Å²) in [5.74, 6) is 0. The Morgan fingerprint density at radius 3 is 2.53 bits per heavy atom. The van der Waals surface area contributed by atoms with Crippen LogP contribution in [0.4, 0.5) is 13.2 Å². The number of rotatable bonds is 1. The fraction of sp³-hybridized carbons (Fsp3) is 1.00. The summed E-state index contributed by atoms with van der Waals surface area (Å²) in [6, 6.07) is 0. The van der Waals surface area contributed by atoms with E-state index in [0.717, 1.165) is 6.54 Å². The molecule has 0 aromatic rings. The molecule has 1 aliphatic carbocycles. The maximum absolute atomic E-state index is 12.3. The Kier molecular flexibility index (Phi) is 3.88. The smallest absolute Gasteiger partial charge is 0.372 e. The highest BCUT2D eigenvalue weighted by molar-refractivity contribution is 4.98. The van der Waals surface area contributed by atoms with Crippen LogP contribution in [0.15, 0.2) is 0 Å². The molecular formula is C13H22F3NO2. The first kappa shape index (κ1) is 15.1. The van der Waals surface area contributed by atoms with Crippen molar-refractivity contribution < 1.29 is 22.6 Å². The number of morpholine rings is 1. The fourth-order valence-electron chi connectivity index (χ4n) is 3.02. The van der Waals surface area contributed by atoms with Crippen LogP contribution >= 0.6 is 0 Å². The van der Waals surface area contributed by atoms with Gasteiger partial charge in [-0.3, -0.25) is 9.64 Å². The zero-order chi connectivity index (χ0) is 14.3. The average molecular weight is 281 g/mol. The lowest BCUT2D eigenvalue weighted by Crippen LogP contribution is -2.56. The van der Waals surface area contributed by atoms with Gasteiger partial charge in [-0.15, -0.1) is 13.2 Å². The Labute approximate surface area is 112 Å². The van der Waals surface area contributed by atoms with Gasteiger partial charge in [0.05, 0.1) is 18.3 Å². The zero-order valence-electron chi connectivity index (χ0n) is 11.7. The van der Waals surface area contributed by atoms with Gasteiger partial charge in [-0.2, -0.15) is 0 Å². The molecule has 0 aromatic carbocycles. The van der Waals surface area contributed by atoms with E-state index in [2.05, 4.69) is 30.4 Å². The van der Waals surface area contributed by atoms with Gasteiger partial charge in [0.25, 0.3) is 0 Å². The highest BCUT2D eigenvalue weighted by Gasteiger charge is 2.48. The standard InChI is InChI=1S/C13H22F3NO2/c1-11(2,3)17-6-7-18-12(9-17)5-4-10(8-12)19-13(14,15)16/h10H,4-9H2,1-3H3. The molecule has 2 unspecified atom stereocenters. The normalized spacial score (nSPS) is 34.1. The van der Waals surface area contributed by atoms with Gasteiger partial charge in [0.15, 0.2) is 0 Å². The fourth-order valence-corrected chi connectivity index (χ4v) is 3.02. The van der Waals surface area contributed by atoms with Crippen molar-refractivity contribution in [3.05, 3.63) is 0 Å². The van der Waals surface area contributed by atoms with E-state index < -0.39 is 18.1 Å². The number of hydrogen-bond acceptors (Lipinski definition) is 3. The molecule has 3 nitrogen and oxygen atoms in total. The van der Waals surface area contributed by atoms with Gasteiger partial charge in [-0.1, -0.05) is 0 Å². The van der Waals surface area contributed by atoms with Crippen LogP contribution in [0.1, 0.15) is 40.0 Å². The van der Waals surface area contributed by atoms with Gasteiger partial charge in [0, 0.05) is 25.0 Å². The molecule has 6 heteroatoms. The lowest BCUT2D eigenvalue weighted by atomic mass is 9.95. The molecule has 0 aromatic heterocycles. The van der Waals surface area contributed by atoms with Gasteiger partial charge in [-0.05, 0) is 33.6 Å². The minimum atomic E-state index is -4.55. The minimum Gasteiger partial charge on any atom is -0.372 e. The minimum absolute atomic E-state index is 0.0136. The summed E-state index contributed by atoms with van der Waals surface area (Å²) in [4.78, 5) is 2.28. The number of ether oxygens (including phenoxy) is 2. The van der Waals surface area contributed by atoms with E-state index in [0.29, 0.717) is 32.4 Å². The Morgan fingerprint density at radius 2 is 1.95 bits per heavy atom. The SMILES string of the molecule is CC(C)(C)N1CCOC2(CCC(OC(F)(F)F)C2)C1. The van der Waals surface area contributed by atoms with Crippen LogP contribution in [0.25, 0.3) is 0 Å². The van der Waals surface area contributed by atoms with Gasteiger partial charge in [-0.25, -0.2) is 0 Å². The zero-order valence-corrected chi connectivity index (χ0v) is 11.7. The van der Waals surface area contributed by atoms with Crippen molar-refractivity contribution in [2.75, 3.05) is 19.7 Å². The van der Waals surface area contributed by atoms with Crippen molar-refractivity contribution in [1.29, 1.82) is 0 Å². The number of nitrogens with zero attached hydrogens (tertiary/aromatic N) is 1. The number of hydrogen-bond donors (Lipinski definition) is 0. The predicted molar refractivity (Wildman–Crippen MR) is 64.8 cm³/mol. The second-order valence-corrected chi connectivity index (χ2v) is 6.55. The molecule has 2 atom stereocenters. The molecule has 1 heterocycles. The Balaban J connectivity index is 1.97. The van der Waals surface area contributed by atoms with Crippen molar-refractivity contribution >= 4 is 0 Å². The summed E-state index contributed by atoms with van der Waals surface area (Å²) in [6.07, 6.45) is -3.93. The molecule has 0 bridgehead atoms. The molecule has 1 saturated carbocycles. The van der Waals surface area contributed by atoms with E-state index in [1.54, 1.807) is 0 Å². The van der Waals surface area contributed by atoms with Crippen LogP contribution in [0.3, 0.4) is 0 Å². The number of alkyl halides is 3. The summed E-state index contributed by atoms with van der Waals surface area (Å²) in [5.41, 5.74) is -0.443. The van der Waals surface area contributed by atoms with Crippen LogP contribution < -0.4 is 0 Å².